The summed E-state index contributed by atoms with van der Waals surface area (Å²) in [6.45, 7) is 27.5. The van der Waals surface area contributed by atoms with E-state index in [1.54, 1.807) is 0 Å². The van der Waals surface area contributed by atoms with Gasteiger partial charge in [-0.1, -0.05) is 65.3 Å². The van der Waals surface area contributed by atoms with Gasteiger partial charge in [-0.15, -0.1) is 0 Å². The number of carbonyl (C=O) groups is 1. The molecule has 4 fully saturated rings. The van der Waals surface area contributed by atoms with E-state index in [1.165, 1.54) is 6.42 Å². The molecule has 1 aromatic carbocycles. The van der Waals surface area contributed by atoms with Crippen molar-refractivity contribution in [2.45, 2.75) is 123 Å². The van der Waals surface area contributed by atoms with E-state index in [1.807, 2.05) is 39.0 Å². The van der Waals surface area contributed by atoms with Crippen molar-refractivity contribution in [2.75, 3.05) is 0 Å². The number of hydrogen-bond donors (Lipinski definition) is 0. The lowest BCUT2D eigenvalue weighted by molar-refractivity contribution is -0.199. The molecule has 3 saturated carbocycles. The summed E-state index contributed by atoms with van der Waals surface area (Å²) in [4.78, 5) is 12.9. The Morgan fingerprint density at radius 2 is 1.73 bits per heavy atom. The molecule has 4 aliphatic rings. The van der Waals surface area contributed by atoms with Gasteiger partial charge in [-0.25, -0.2) is 4.79 Å². The highest BCUT2D eigenvalue weighted by Crippen LogP contribution is 2.66. The molecule has 206 valence electrons. The van der Waals surface area contributed by atoms with Crippen LogP contribution in [0.3, 0.4) is 0 Å². The van der Waals surface area contributed by atoms with Crippen molar-refractivity contribution in [1.82, 2.24) is 4.23 Å². The summed E-state index contributed by atoms with van der Waals surface area (Å²) >= 11 is 0. The maximum atomic E-state index is 12.9. The first-order valence-electron chi connectivity index (χ1n) is 14.2. The molecule has 0 spiro atoms. The molecule has 1 aliphatic heterocycles. The van der Waals surface area contributed by atoms with Crippen LogP contribution in [0.5, 0.6) is 0 Å². The molecule has 3 aliphatic carbocycles. The van der Waals surface area contributed by atoms with Crippen molar-refractivity contribution in [3.05, 3.63) is 35.4 Å². The smallest absolute Gasteiger partial charge is 0.456 e. The van der Waals surface area contributed by atoms with Gasteiger partial charge in [0.2, 0.25) is 0 Å². The maximum absolute atomic E-state index is 12.9. The predicted octanol–water partition coefficient (Wildman–Crippen LogP) is 6.79. The van der Waals surface area contributed by atoms with E-state index in [0.29, 0.717) is 16.9 Å². The Bertz CT molecular complexity index is 1010. The third-order valence-electron chi connectivity index (χ3n) is 9.07. The molecule has 1 saturated heterocycles. The van der Waals surface area contributed by atoms with Crippen LogP contribution in [0, 0.1) is 17.3 Å². The molecular formula is C29H50BNO4Si2. The van der Waals surface area contributed by atoms with E-state index in [-0.39, 0.29) is 30.7 Å². The number of esters is 1. The fourth-order valence-corrected chi connectivity index (χ4v) is 18.2. The second-order valence-electron chi connectivity index (χ2n) is 15.5. The summed E-state index contributed by atoms with van der Waals surface area (Å²) in [5.41, 5.74) is 1.30. The Labute approximate surface area is 228 Å². The third kappa shape index (κ3) is 5.56. The predicted molar refractivity (Wildman–Crippen MR) is 158 cm³/mol. The molecule has 5 atom stereocenters. The minimum Gasteiger partial charge on any atom is -0.456 e. The van der Waals surface area contributed by atoms with Gasteiger partial charge < -0.3 is 18.3 Å². The van der Waals surface area contributed by atoms with Crippen LogP contribution in [-0.4, -0.2) is 57.0 Å². The molecule has 5 rings (SSSR count). The molecule has 37 heavy (non-hydrogen) atoms. The summed E-state index contributed by atoms with van der Waals surface area (Å²) in [7, 11) is -3.75. The number of rotatable bonds is 7. The zero-order valence-electron chi connectivity index (χ0n) is 25.4. The molecule has 2 bridgehead atoms. The van der Waals surface area contributed by atoms with Gasteiger partial charge in [0.1, 0.15) is 22.1 Å². The van der Waals surface area contributed by atoms with Crippen molar-refractivity contribution in [1.29, 1.82) is 0 Å². The van der Waals surface area contributed by atoms with Gasteiger partial charge >= 0.3 is 13.1 Å². The number of hydrogen-bond acceptors (Lipinski definition) is 5. The lowest BCUT2D eigenvalue weighted by Crippen LogP contribution is -2.68. The quantitative estimate of drug-likeness (QED) is 0.280. The molecule has 5 nitrogen and oxygen atoms in total. The summed E-state index contributed by atoms with van der Waals surface area (Å²) in [5.74, 6) is 1.10. The highest BCUT2D eigenvalue weighted by atomic mass is 28.4. The molecule has 0 amide bonds. The zero-order chi connectivity index (χ0) is 27.8. The third-order valence-corrected chi connectivity index (χ3v) is 16.6. The largest absolute Gasteiger partial charge is 0.475 e. The van der Waals surface area contributed by atoms with Gasteiger partial charge in [0, 0.05) is 5.94 Å². The Hall–Kier alpha value is -0.931. The maximum Gasteiger partial charge on any atom is 0.475 e. The molecule has 0 radical (unpaired) electrons. The Balaban J connectivity index is 1.68. The SMILES string of the molecule is CC(C)(C)OC(=O)c1cccc(C[C@@H](B2OC3C[C@@H]4C[C@@H](C4(C)C)[C@]3(C)O2)N([Si](C)(C)C)[Si](C)(C)C)c1. The Kier molecular flexibility index (Phi) is 7.32. The van der Waals surface area contributed by atoms with Crippen LogP contribution >= 0.6 is 0 Å². The lowest BCUT2D eigenvalue weighted by Gasteiger charge is -2.64. The summed E-state index contributed by atoms with van der Waals surface area (Å²) in [5, 5.41) is 0. The van der Waals surface area contributed by atoms with Crippen LogP contribution in [0.2, 0.25) is 39.3 Å². The van der Waals surface area contributed by atoms with Crippen LogP contribution < -0.4 is 0 Å². The number of benzene rings is 1. The fraction of sp³-hybridized carbons (Fsp3) is 0.759. The summed E-state index contributed by atoms with van der Waals surface area (Å²) in [6, 6.07) is 7.98. The van der Waals surface area contributed by atoms with Crippen molar-refractivity contribution in [2.24, 2.45) is 17.3 Å². The van der Waals surface area contributed by atoms with E-state index in [2.05, 4.69) is 70.4 Å². The normalized spacial score (nSPS) is 30.1. The lowest BCUT2D eigenvalue weighted by atomic mass is 9.43. The Morgan fingerprint density at radius 1 is 1.11 bits per heavy atom. The fourth-order valence-electron chi connectivity index (χ4n) is 7.78. The van der Waals surface area contributed by atoms with Gasteiger partial charge in [-0.05, 0) is 81.9 Å². The van der Waals surface area contributed by atoms with Gasteiger partial charge in [0.25, 0.3) is 0 Å². The summed E-state index contributed by atoms with van der Waals surface area (Å²) in [6.07, 6.45) is 3.30. The standard InChI is InChI=1S/C29H50BNO4Si2/c1-27(2,3)33-26(32)21-15-13-14-20(16-21)17-25(31(36(7,8)9)37(10,11)12)30-34-24-19-22-18-23(28(22,4)5)29(24,6)35-30/h13-16,22-25H,17-19H2,1-12H3/t22-,23-,24?,25-,29-/m0/s1. The highest BCUT2D eigenvalue weighted by molar-refractivity contribution is 6.90. The molecular weight excluding hydrogens is 493 g/mol. The number of nitrogens with zero attached hydrogens (tertiary/aromatic N) is 1. The molecule has 0 N–H and O–H groups in total. The molecule has 8 heteroatoms. The van der Waals surface area contributed by atoms with E-state index in [0.717, 1.165) is 24.3 Å². The van der Waals surface area contributed by atoms with E-state index < -0.39 is 22.1 Å². The van der Waals surface area contributed by atoms with Crippen LogP contribution in [0.15, 0.2) is 24.3 Å². The first-order chi connectivity index (χ1) is 16.7. The first-order valence-corrected chi connectivity index (χ1v) is 21.1. The van der Waals surface area contributed by atoms with Crippen molar-refractivity contribution < 1.29 is 18.8 Å². The van der Waals surface area contributed by atoms with Gasteiger partial charge in [0.05, 0.1) is 17.3 Å². The molecule has 1 heterocycles. The number of carbonyl (C=O) groups excluding carboxylic acids is 1. The average Bonchev–Trinajstić information content (AvgIpc) is 3.07. The molecule has 1 unspecified atom stereocenters. The highest BCUT2D eigenvalue weighted by Gasteiger charge is 2.69. The van der Waals surface area contributed by atoms with Gasteiger partial charge in [-0.2, -0.15) is 0 Å². The van der Waals surface area contributed by atoms with Crippen LogP contribution in [-0.2, 0) is 20.5 Å². The van der Waals surface area contributed by atoms with E-state index >= 15 is 0 Å². The Morgan fingerprint density at radius 3 is 2.27 bits per heavy atom. The topological polar surface area (TPSA) is 48.0 Å². The second-order valence-corrected chi connectivity index (χ2v) is 25.6. The second kappa shape index (κ2) is 9.32. The van der Waals surface area contributed by atoms with Crippen LogP contribution in [0.4, 0.5) is 0 Å². The molecule has 1 aromatic rings. The van der Waals surface area contributed by atoms with E-state index in [4.69, 9.17) is 14.0 Å². The minimum atomic E-state index is -1.74. The van der Waals surface area contributed by atoms with Crippen LogP contribution in [0.25, 0.3) is 0 Å². The van der Waals surface area contributed by atoms with Crippen LogP contribution in [0.1, 0.15) is 70.3 Å². The van der Waals surface area contributed by atoms with Gasteiger partial charge in [-0.3, -0.25) is 0 Å². The van der Waals surface area contributed by atoms with E-state index in [9.17, 15) is 4.79 Å². The monoisotopic (exact) mass is 543 g/mol. The number of ether oxygens (including phenoxy) is 1. The van der Waals surface area contributed by atoms with Crippen molar-refractivity contribution in [3.63, 3.8) is 0 Å². The zero-order valence-corrected chi connectivity index (χ0v) is 27.4. The molecule has 0 aromatic heterocycles. The first kappa shape index (κ1) is 29.1. The van der Waals surface area contributed by atoms with Crippen molar-refractivity contribution in [3.8, 4) is 0 Å². The average molecular weight is 544 g/mol. The minimum absolute atomic E-state index is 0.106. The van der Waals surface area contributed by atoms with Crippen molar-refractivity contribution >= 4 is 29.6 Å². The summed E-state index contributed by atoms with van der Waals surface area (Å²) < 4.78 is 22.5. The van der Waals surface area contributed by atoms with Gasteiger partial charge in [0.15, 0.2) is 0 Å².